The number of H-pyrrole nitrogens is 1. The average Bonchev–Trinajstić information content (AvgIpc) is 2.81. The number of fused-ring (bicyclic) bond motifs is 1. The summed E-state index contributed by atoms with van der Waals surface area (Å²) in [6, 6.07) is 11.6. The van der Waals surface area contributed by atoms with E-state index in [0.717, 1.165) is 12.0 Å². The first kappa shape index (κ1) is 22.8. The van der Waals surface area contributed by atoms with Crippen LogP contribution in [0.3, 0.4) is 0 Å². The fraction of sp³-hybridized carbons (Fsp3) is 0.292. The van der Waals surface area contributed by atoms with Gasteiger partial charge in [-0.05, 0) is 30.2 Å². The third-order valence-corrected chi connectivity index (χ3v) is 6.22. The molecule has 0 radical (unpaired) electrons. The largest absolute Gasteiger partial charge is 0.493 e. The van der Waals surface area contributed by atoms with Crippen LogP contribution in [0.25, 0.3) is 0 Å². The lowest BCUT2D eigenvalue weighted by Crippen LogP contribution is -2.31. The van der Waals surface area contributed by atoms with E-state index in [0.29, 0.717) is 40.1 Å². The van der Waals surface area contributed by atoms with Crippen LogP contribution in [0.5, 0.6) is 11.5 Å². The number of methoxy groups -OCH3 is 1. The molecule has 4 rings (SSSR count). The molecule has 9 heteroatoms. The maximum Gasteiger partial charge on any atom is 0.257 e. The maximum absolute atomic E-state index is 13.1. The van der Waals surface area contributed by atoms with Gasteiger partial charge < -0.3 is 19.8 Å². The molecule has 1 aliphatic rings. The third-order valence-electron chi connectivity index (χ3n) is 5.27. The standard InChI is InChI=1S/C24H24FN3O4S/c1-3-11-32-21-16(5-4-6-18(21)31-2)17-12-19(29)26-22-20(17)23(30)28-24(27-22)33-13-14-7-9-15(25)10-8-14/h4-10,17H,3,11-13H2,1-2H3,(H2,26,27,28,29,30)/t17-/m1/s1. The van der Waals surface area contributed by atoms with Gasteiger partial charge in [-0.1, -0.05) is 43.0 Å². The summed E-state index contributed by atoms with van der Waals surface area (Å²) in [5.41, 5.74) is 1.65. The summed E-state index contributed by atoms with van der Waals surface area (Å²) < 4.78 is 24.5. The molecule has 0 bridgehead atoms. The van der Waals surface area contributed by atoms with Gasteiger partial charge in [0, 0.05) is 23.7 Å². The molecule has 2 N–H and O–H groups in total. The quantitative estimate of drug-likeness (QED) is 0.373. The van der Waals surface area contributed by atoms with Gasteiger partial charge in [-0.15, -0.1) is 0 Å². The summed E-state index contributed by atoms with van der Waals surface area (Å²) in [6.07, 6.45) is 0.894. The Hall–Kier alpha value is -3.33. The molecule has 0 spiro atoms. The molecule has 1 amide bonds. The molecule has 3 aromatic rings. The smallest absolute Gasteiger partial charge is 0.257 e. The van der Waals surface area contributed by atoms with Crippen LogP contribution in [-0.2, 0) is 10.5 Å². The van der Waals surface area contributed by atoms with Crippen LogP contribution in [0.2, 0.25) is 0 Å². The van der Waals surface area contributed by atoms with Gasteiger partial charge in [-0.3, -0.25) is 9.59 Å². The molecule has 0 aliphatic carbocycles. The molecule has 1 atom stereocenters. The molecule has 1 aliphatic heterocycles. The van der Waals surface area contributed by atoms with Gasteiger partial charge in [0.1, 0.15) is 11.6 Å². The number of rotatable bonds is 8. The minimum absolute atomic E-state index is 0.0927. The molecule has 172 valence electrons. The zero-order valence-electron chi connectivity index (χ0n) is 18.3. The Morgan fingerprint density at radius 1 is 1.18 bits per heavy atom. The van der Waals surface area contributed by atoms with Gasteiger partial charge in [0.25, 0.3) is 5.56 Å². The topological polar surface area (TPSA) is 93.3 Å². The Morgan fingerprint density at radius 2 is 1.97 bits per heavy atom. The van der Waals surface area contributed by atoms with E-state index in [1.54, 1.807) is 25.3 Å². The van der Waals surface area contributed by atoms with Gasteiger partial charge in [0.2, 0.25) is 5.91 Å². The molecule has 0 unspecified atom stereocenters. The number of halogens is 1. The SMILES string of the molecule is CCCOc1c(OC)cccc1[C@H]1CC(=O)Nc2nc(SCc3ccc(F)cc3)[nH]c(=O)c21. The number of anilines is 1. The Balaban J connectivity index is 1.69. The minimum atomic E-state index is -0.525. The van der Waals surface area contributed by atoms with Crippen molar-refractivity contribution in [2.75, 3.05) is 19.0 Å². The van der Waals surface area contributed by atoms with Crippen molar-refractivity contribution in [3.8, 4) is 11.5 Å². The van der Waals surface area contributed by atoms with Crippen molar-refractivity contribution in [2.24, 2.45) is 0 Å². The number of aromatic amines is 1. The average molecular weight is 470 g/mol. The number of hydrogen-bond acceptors (Lipinski definition) is 6. The van der Waals surface area contributed by atoms with Crippen LogP contribution in [0.4, 0.5) is 10.2 Å². The van der Waals surface area contributed by atoms with Crippen LogP contribution in [0.15, 0.2) is 52.4 Å². The van der Waals surface area contributed by atoms with E-state index >= 15 is 0 Å². The van der Waals surface area contributed by atoms with E-state index in [1.807, 2.05) is 19.1 Å². The summed E-state index contributed by atoms with van der Waals surface area (Å²) in [6.45, 7) is 2.48. The Bertz CT molecular complexity index is 1210. The van der Waals surface area contributed by atoms with E-state index < -0.39 is 5.92 Å². The molecule has 0 saturated carbocycles. The maximum atomic E-state index is 13.1. The highest BCUT2D eigenvalue weighted by Gasteiger charge is 2.33. The number of thioether (sulfide) groups is 1. The second-order valence-corrected chi connectivity index (χ2v) is 8.54. The zero-order chi connectivity index (χ0) is 23.4. The van der Waals surface area contributed by atoms with Gasteiger partial charge in [0.05, 0.1) is 19.3 Å². The first-order valence-corrected chi connectivity index (χ1v) is 11.6. The van der Waals surface area contributed by atoms with Crippen molar-refractivity contribution in [2.45, 2.75) is 36.6 Å². The van der Waals surface area contributed by atoms with Crippen molar-refractivity contribution in [3.05, 3.63) is 75.3 Å². The van der Waals surface area contributed by atoms with Gasteiger partial charge in [-0.25, -0.2) is 9.37 Å². The predicted molar refractivity (Wildman–Crippen MR) is 125 cm³/mol. The number of nitrogens with zero attached hydrogens (tertiary/aromatic N) is 1. The first-order valence-electron chi connectivity index (χ1n) is 10.6. The van der Waals surface area contributed by atoms with Crippen LogP contribution < -0.4 is 20.3 Å². The lowest BCUT2D eigenvalue weighted by Gasteiger charge is -2.26. The molecule has 33 heavy (non-hydrogen) atoms. The van der Waals surface area contributed by atoms with Crippen molar-refractivity contribution in [3.63, 3.8) is 0 Å². The van der Waals surface area contributed by atoms with E-state index in [2.05, 4.69) is 15.3 Å². The molecule has 0 saturated heterocycles. The monoisotopic (exact) mass is 469 g/mol. The number of para-hydroxylation sites is 1. The lowest BCUT2D eigenvalue weighted by atomic mass is 9.86. The van der Waals surface area contributed by atoms with Crippen molar-refractivity contribution in [1.29, 1.82) is 0 Å². The molecule has 1 aromatic heterocycles. The Kier molecular flexibility index (Phi) is 6.98. The Labute approximate surface area is 194 Å². The zero-order valence-corrected chi connectivity index (χ0v) is 19.1. The number of carbonyl (C=O) groups excluding carboxylic acids is 1. The molecule has 2 heterocycles. The number of aromatic nitrogens is 2. The number of hydrogen-bond donors (Lipinski definition) is 2. The fourth-order valence-corrected chi connectivity index (χ4v) is 4.56. The van der Waals surface area contributed by atoms with Crippen LogP contribution in [0, 0.1) is 5.82 Å². The molecule has 2 aromatic carbocycles. The number of nitrogens with one attached hydrogen (secondary N) is 2. The third kappa shape index (κ3) is 5.03. The van der Waals surface area contributed by atoms with Crippen molar-refractivity contribution < 1.29 is 18.7 Å². The molecular formula is C24H24FN3O4S. The van der Waals surface area contributed by atoms with Crippen LogP contribution in [-0.4, -0.2) is 29.6 Å². The summed E-state index contributed by atoms with van der Waals surface area (Å²) in [4.78, 5) is 33.0. The van der Waals surface area contributed by atoms with Crippen molar-refractivity contribution in [1.82, 2.24) is 9.97 Å². The van der Waals surface area contributed by atoms with Crippen LogP contribution in [0.1, 0.15) is 42.4 Å². The van der Waals surface area contributed by atoms with Gasteiger partial charge in [-0.2, -0.15) is 0 Å². The van der Waals surface area contributed by atoms with Crippen LogP contribution >= 0.6 is 11.8 Å². The highest BCUT2D eigenvalue weighted by molar-refractivity contribution is 7.98. The molecule has 7 nitrogen and oxygen atoms in total. The second-order valence-electron chi connectivity index (χ2n) is 7.58. The summed E-state index contributed by atoms with van der Waals surface area (Å²) in [5, 5.41) is 3.11. The highest BCUT2D eigenvalue weighted by atomic mass is 32.2. The second kappa shape index (κ2) is 10.1. The van der Waals surface area contributed by atoms with E-state index in [-0.39, 0.29) is 29.5 Å². The summed E-state index contributed by atoms with van der Waals surface area (Å²) >= 11 is 1.30. The Morgan fingerprint density at radius 3 is 2.70 bits per heavy atom. The number of carbonyl (C=O) groups is 1. The predicted octanol–water partition coefficient (Wildman–Crippen LogP) is 4.47. The van der Waals surface area contributed by atoms with E-state index in [9.17, 15) is 14.0 Å². The van der Waals surface area contributed by atoms with E-state index in [1.165, 1.54) is 23.9 Å². The van der Waals surface area contributed by atoms with E-state index in [4.69, 9.17) is 9.47 Å². The van der Waals surface area contributed by atoms with Crippen molar-refractivity contribution >= 4 is 23.5 Å². The molecule has 0 fully saturated rings. The molecular weight excluding hydrogens is 445 g/mol. The van der Waals surface area contributed by atoms with Gasteiger partial charge >= 0.3 is 0 Å². The lowest BCUT2D eigenvalue weighted by molar-refractivity contribution is -0.116. The summed E-state index contributed by atoms with van der Waals surface area (Å²) in [7, 11) is 1.55. The number of ether oxygens (including phenoxy) is 2. The minimum Gasteiger partial charge on any atom is -0.493 e. The number of benzene rings is 2. The van der Waals surface area contributed by atoms with Gasteiger partial charge in [0.15, 0.2) is 16.7 Å². The normalized spacial score (nSPS) is 15.0. The fourth-order valence-electron chi connectivity index (χ4n) is 3.74. The first-order chi connectivity index (χ1) is 16.0. The highest BCUT2D eigenvalue weighted by Crippen LogP contribution is 2.42. The summed E-state index contributed by atoms with van der Waals surface area (Å²) in [5.74, 6) is 0.742. The number of amides is 1.